The van der Waals surface area contributed by atoms with Crippen molar-refractivity contribution in [2.75, 3.05) is 18.2 Å². The van der Waals surface area contributed by atoms with Crippen molar-refractivity contribution in [1.29, 1.82) is 0 Å². The van der Waals surface area contributed by atoms with Gasteiger partial charge >= 0.3 is 6.09 Å². The average molecular weight is 434 g/mol. The number of nitrogens with zero attached hydrogens (tertiary/aromatic N) is 4. The van der Waals surface area contributed by atoms with Gasteiger partial charge in [-0.1, -0.05) is 30.0 Å². The summed E-state index contributed by atoms with van der Waals surface area (Å²) >= 11 is 1.67. The quantitative estimate of drug-likeness (QED) is 0.335. The molecule has 5 aromatic rings. The molecule has 5 N–H and O–H groups in total. The number of nitrogens with two attached hydrogens (primary N) is 1. The first-order chi connectivity index (χ1) is 15.1. The van der Waals surface area contributed by atoms with Crippen LogP contribution in [0.5, 0.6) is 0 Å². The number of imidazole rings is 2. The number of carbonyl (C=O) groups is 1. The van der Waals surface area contributed by atoms with Crippen LogP contribution >= 0.6 is 11.8 Å². The second-order valence-corrected chi connectivity index (χ2v) is 7.30. The summed E-state index contributed by atoms with van der Waals surface area (Å²) in [6, 6.07) is 16.1. The summed E-state index contributed by atoms with van der Waals surface area (Å²) in [5.41, 5.74) is 8.43. The molecule has 1 amide bonds. The molecule has 0 aliphatic carbocycles. The van der Waals surface area contributed by atoms with Crippen molar-refractivity contribution in [2.45, 2.75) is 9.79 Å². The lowest BCUT2D eigenvalue weighted by Gasteiger charge is -2.00. The second-order valence-electron chi connectivity index (χ2n) is 6.16. The van der Waals surface area contributed by atoms with Crippen molar-refractivity contribution in [1.82, 2.24) is 29.9 Å². The zero-order chi connectivity index (χ0) is 21.6. The number of methoxy groups -OCH3 is 1. The molecule has 0 spiro atoms. The van der Waals surface area contributed by atoms with Gasteiger partial charge in [-0.15, -0.1) is 0 Å². The van der Waals surface area contributed by atoms with Gasteiger partial charge in [-0.05, 0) is 30.3 Å². The zero-order valence-electron chi connectivity index (χ0n) is 16.4. The number of aromatic nitrogens is 6. The zero-order valence-corrected chi connectivity index (χ0v) is 17.2. The maximum Gasteiger partial charge on any atom is 0.413 e. The van der Waals surface area contributed by atoms with Gasteiger partial charge in [0, 0.05) is 9.79 Å². The van der Waals surface area contributed by atoms with E-state index < -0.39 is 6.09 Å². The highest BCUT2D eigenvalue weighted by Gasteiger charge is 2.07. The molecule has 3 aromatic heterocycles. The predicted molar refractivity (Wildman–Crippen MR) is 119 cm³/mol. The number of hydrogen-bond acceptors (Lipinski definition) is 8. The number of fused-ring (bicyclic) bond motifs is 2. The van der Waals surface area contributed by atoms with Crippen LogP contribution in [0.2, 0.25) is 0 Å². The van der Waals surface area contributed by atoms with E-state index in [1.165, 1.54) is 24.7 Å². The van der Waals surface area contributed by atoms with Gasteiger partial charge in [-0.3, -0.25) is 5.32 Å². The highest BCUT2D eigenvalue weighted by Crippen LogP contribution is 2.29. The molecule has 0 saturated heterocycles. The van der Waals surface area contributed by atoms with E-state index in [0.29, 0.717) is 22.9 Å². The molecular formula is C20H18N8O2S. The maximum atomic E-state index is 11.2. The highest BCUT2D eigenvalue weighted by atomic mass is 32.2. The van der Waals surface area contributed by atoms with Crippen LogP contribution in [-0.4, -0.2) is 43.1 Å². The summed E-state index contributed by atoms with van der Waals surface area (Å²) in [5, 5.41) is 2.52. The average Bonchev–Trinajstić information content (AvgIpc) is 3.42. The molecule has 156 valence electrons. The van der Waals surface area contributed by atoms with Crippen molar-refractivity contribution >= 4 is 51.8 Å². The lowest BCUT2D eigenvalue weighted by atomic mass is 10.3. The van der Waals surface area contributed by atoms with Gasteiger partial charge in [0.1, 0.15) is 11.8 Å². The molecule has 0 aliphatic rings. The maximum absolute atomic E-state index is 11.2. The van der Waals surface area contributed by atoms with Crippen LogP contribution in [0, 0.1) is 0 Å². The number of hydrogen-bond donors (Lipinski definition) is 4. The number of amides is 1. The van der Waals surface area contributed by atoms with Crippen molar-refractivity contribution in [3.8, 4) is 0 Å². The Morgan fingerprint density at radius 2 is 1.94 bits per heavy atom. The predicted octanol–water partition coefficient (Wildman–Crippen LogP) is 3.83. The first-order valence-corrected chi connectivity index (χ1v) is 9.91. The summed E-state index contributed by atoms with van der Waals surface area (Å²) in [6.07, 6.45) is 2.38. The molecule has 31 heavy (non-hydrogen) atoms. The number of H-pyrrole nitrogens is 2. The van der Waals surface area contributed by atoms with E-state index in [1.54, 1.807) is 11.8 Å². The Kier molecular flexibility index (Phi) is 5.94. The third-order valence-corrected chi connectivity index (χ3v) is 5.09. The molecule has 0 radical (unpaired) electrons. The monoisotopic (exact) mass is 434 g/mol. The Morgan fingerprint density at radius 1 is 1.10 bits per heavy atom. The number of rotatable bonds is 3. The Hall–Kier alpha value is -4.12. The fourth-order valence-corrected chi connectivity index (χ4v) is 3.55. The number of nitrogen functional groups attached to an aromatic ring is 1. The molecule has 0 fully saturated rings. The van der Waals surface area contributed by atoms with E-state index in [1.807, 2.05) is 36.4 Å². The van der Waals surface area contributed by atoms with E-state index in [9.17, 15) is 4.79 Å². The molecule has 0 atom stereocenters. The largest absolute Gasteiger partial charge is 0.453 e. The lowest BCUT2D eigenvalue weighted by Crippen LogP contribution is -2.11. The number of carbonyl (C=O) groups excluding carboxylic acids is 1. The van der Waals surface area contributed by atoms with Crippen molar-refractivity contribution in [3.63, 3.8) is 0 Å². The van der Waals surface area contributed by atoms with E-state index in [0.717, 1.165) is 15.9 Å². The normalized spacial score (nSPS) is 10.5. The lowest BCUT2D eigenvalue weighted by molar-refractivity contribution is 0.186. The molecule has 0 saturated carbocycles. The fraction of sp³-hybridized carbons (Fsp3) is 0.0500. The number of benzene rings is 2. The van der Waals surface area contributed by atoms with Gasteiger partial charge in [0.05, 0.1) is 24.5 Å². The van der Waals surface area contributed by atoms with Gasteiger partial charge in [0.25, 0.3) is 0 Å². The van der Waals surface area contributed by atoms with Crippen LogP contribution in [0.1, 0.15) is 0 Å². The summed E-state index contributed by atoms with van der Waals surface area (Å²) in [5.74, 6) is 0.807. The van der Waals surface area contributed by atoms with Crippen LogP contribution in [0.15, 0.2) is 71.0 Å². The van der Waals surface area contributed by atoms with Crippen LogP contribution in [-0.2, 0) is 4.74 Å². The van der Waals surface area contributed by atoms with Crippen molar-refractivity contribution < 1.29 is 9.53 Å². The topological polar surface area (TPSA) is 147 Å². The van der Waals surface area contributed by atoms with Crippen molar-refractivity contribution in [2.24, 2.45) is 0 Å². The number of ether oxygens (including phenoxy) is 1. The van der Waals surface area contributed by atoms with Crippen molar-refractivity contribution in [3.05, 3.63) is 61.2 Å². The Balaban J connectivity index is 0.000000192. The third-order valence-electron chi connectivity index (χ3n) is 4.09. The molecule has 3 heterocycles. The number of nitrogens with one attached hydrogen (secondary N) is 3. The molecule has 2 aromatic carbocycles. The minimum absolute atomic E-state index is 0.374. The number of aromatic amines is 2. The summed E-state index contributed by atoms with van der Waals surface area (Å²) in [7, 11) is 1.31. The van der Waals surface area contributed by atoms with Gasteiger partial charge < -0.3 is 20.4 Å². The van der Waals surface area contributed by atoms with Gasteiger partial charge in [0.15, 0.2) is 11.5 Å². The smallest absolute Gasteiger partial charge is 0.413 e. The fourth-order valence-electron chi connectivity index (χ4n) is 2.67. The molecule has 5 rings (SSSR count). The third kappa shape index (κ3) is 4.90. The first kappa shape index (κ1) is 20.2. The van der Waals surface area contributed by atoms with Crippen LogP contribution in [0.4, 0.5) is 16.6 Å². The minimum atomic E-state index is -0.548. The molecule has 11 heteroatoms. The van der Waals surface area contributed by atoms with E-state index in [4.69, 9.17) is 5.73 Å². The standard InChI is InChI=1S/C15H13N3O2S.C5H5N5/c1-20-15(19)18-14-16-12-8-7-11(9-13(12)17-14)21-10-5-3-2-4-6-10;6-4-3-5(9-1-7-3)10-2-8-4/h2-9H,1H3,(H2,16,17,18,19);1-2H,(H3,6,7,8,9,10). The Labute approximate surface area is 180 Å². The summed E-state index contributed by atoms with van der Waals surface area (Å²) in [4.78, 5) is 35.1. The Morgan fingerprint density at radius 3 is 2.71 bits per heavy atom. The van der Waals surface area contributed by atoms with Gasteiger partial charge in [-0.25, -0.2) is 24.7 Å². The minimum Gasteiger partial charge on any atom is -0.453 e. The molecular weight excluding hydrogens is 416 g/mol. The van der Waals surface area contributed by atoms with E-state index in [-0.39, 0.29) is 0 Å². The highest BCUT2D eigenvalue weighted by molar-refractivity contribution is 7.99. The molecule has 0 bridgehead atoms. The molecule has 0 unspecified atom stereocenters. The van der Waals surface area contributed by atoms with Crippen LogP contribution in [0.25, 0.3) is 22.2 Å². The van der Waals surface area contributed by atoms with E-state index in [2.05, 4.69) is 52.1 Å². The number of anilines is 2. The Bertz CT molecular complexity index is 1320. The van der Waals surface area contributed by atoms with Crippen LogP contribution in [0.3, 0.4) is 0 Å². The SMILES string of the molecule is COC(=O)Nc1nc2ccc(Sc3ccccc3)cc2[nH]1.Nc1ncnc2nc[nH]c12. The molecule has 10 nitrogen and oxygen atoms in total. The van der Waals surface area contributed by atoms with Crippen LogP contribution < -0.4 is 11.1 Å². The first-order valence-electron chi connectivity index (χ1n) is 9.09. The second kappa shape index (κ2) is 9.13. The molecule has 0 aliphatic heterocycles. The van der Waals surface area contributed by atoms with Gasteiger partial charge in [-0.2, -0.15) is 0 Å². The van der Waals surface area contributed by atoms with E-state index >= 15 is 0 Å². The van der Waals surface area contributed by atoms with Gasteiger partial charge in [0.2, 0.25) is 5.95 Å². The summed E-state index contributed by atoms with van der Waals surface area (Å²) < 4.78 is 4.54. The summed E-state index contributed by atoms with van der Waals surface area (Å²) in [6.45, 7) is 0.